The minimum atomic E-state index is -2.21. The first-order chi connectivity index (χ1) is 15.7. The molecule has 0 radical (unpaired) electrons. The number of benzene rings is 3. The molecule has 2 aromatic heterocycles. The van der Waals surface area contributed by atoms with Crippen LogP contribution >= 0.6 is 6.89 Å². The van der Waals surface area contributed by atoms with E-state index in [2.05, 4.69) is 93.5 Å². The first-order valence-electron chi connectivity index (χ1n) is 10.1. The second-order valence-corrected chi connectivity index (χ2v) is 10.5. The van der Waals surface area contributed by atoms with Gasteiger partial charge in [0.15, 0.2) is 17.0 Å². The lowest BCUT2D eigenvalue weighted by Gasteiger charge is -2.28. The predicted molar refractivity (Wildman–Crippen MR) is 134 cm³/mol. The molecule has 0 amide bonds. The molecule has 32 heavy (non-hydrogen) atoms. The number of rotatable bonds is 4. The Morgan fingerprint density at radius 1 is 0.625 bits per heavy atom. The maximum absolute atomic E-state index is 6.08. The molecule has 156 valence electrons. The summed E-state index contributed by atoms with van der Waals surface area (Å²) >= 11 is 0. The van der Waals surface area contributed by atoms with Crippen LogP contribution in [0.25, 0.3) is 11.2 Å². The van der Waals surface area contributed by atoms with Gasteiger partial charge in [0, 0.05) is 0 Å². The van der Waals surface area contributed by atoms with E-state index in [-0.39, 0.29) is 11.8 Å². The molecule has 0 fully saturated rings. The average molecular weight is 436 g/mol. The normalized spacial score (nSPS) is 11.4. The van der Waals surface area contributed by atoms with E-state index >= 15 is 0 Å². The molecule has 3 aromatic carbocycles. The van der Waals surface area contributed by atoms with Crippen molar-refractivity contribution in [2.75, 3.05) is 11.5 Å². The molecule has 4 N–H and O–H groups in total. The topological polar surface area (TPSA) is 104 Å². The van der Waals surface area contributed by atoms with Crippen molar-refractivity contribution in [3.8, 4) is 0 Å². The Bertz CT molecular complexity index is 1330. The number of fused-ring (bicyclic) bond motifs is 1. The summed E-state index contributed by atoms with van der Waals surface area (Å²) in [5.41, 5.74) is 13.3. The van der Waals surface area contributed by atoms with Crippen molar-refractivity contribution < 1.29 is 0 Å². The summed E-state index contributed by atoms with van der Waals surface area (Å²) in [6, 6.07) is 31.6. The Morgan fingerprint density at radius 3 is 1.62 bits per heavy atom. The average Bonchev–Trinajstić information content (AvgIpc) is 2.84. The Kier molecular flexibility index (Phi) is 5.13. The lowest BCUT2D eigenvalue weighted by Crippen LogP contribution is -2.27. The molecule has 7 heteroatoms. The van der Waals surface area contributed by atoms with Crippen molar-refractivity contribution >= 4 is 51.5 Å². The molecular weight excluding hydrogens is 415 g/mol. The van der Waals surface area contributed by atoms with Gasteiger partial charge in [0.1, 0.15) is 0 Å². The lowest BCUT2D eigenvalue weighted by atomic mass is 10.4. The van der Waals surface area contributed by atoms with Crippen LogP contribution in [-0.4, -0.2) is 25.7 Å². The number of anilines is 2. The lowest BCUT2D eigenvalue weighted by molar-refractivity contribution is 1.16. The fourth-order valence-electron chi connectivity index (χ4n) is 3.88. The molecule has 0 aliphatic heterocycles. The summed E-state index contributed by atoms with van der Waals surface area (Å²) in [7, 11) is 0. The van der Waals surface area contributed by atoms with E-state index in [9.17, 15) is 0 Å². The van der Waals surface area contributed by atoms with E-state index in [4.69, 9.17) is 16.5 Å². The van der Waals surface area contributed by atoms with Crippen LogP contribution in [0.4, 0.5) is 11.8 Å². The van der Waals surface area contributed by atoms with Crippen molar-refractivity contribution in [1.82, 2.24) is 19.9 Å². The predicted octanol–water partition coefficient (Wildman–Crippen LogP) is 2.73. The van der Waals surface area contributed by atoms with E-state index < -0.39 is 6.89 Å². The highest BCUT2D eigenvalue weighted by Crippen LogP contribution is 2.44. The first-order valence-corrected chi connectivity index (χ1v) is 12.0. The van der Waals surface area contributed by atoms with Crippen molar-refractivity contribution in [2.24, 2.45) is 0 Å². The fraction of sp³-hybridized carbons (Fsp3) is 0. The molecule has 2 heterocycles. The van der Waals surface area contributed by atoms with Gasteiger partial charge in [-0.2, -0.15) is 9.97 Å². The number of nitrogen functional groups attached to an aromatic ring is 2. The summed E-state index contributed by atoms with van der Waals surface area (Å²) in [5, 5.41) is 3.67. The van der Waals surface area contributed by atoms with Gasteiger partial charge in [0.2, 0.25) is 5.95 Å². The molecule has 0 saturated heterocycles. The second kappa shape index (κ2) is 8.25. The Balaban J connectivity index is 1.88. The number of hydrogen-bond donors (Lipinski definition) is 2. The fourth-order valence-corrected chi connectivity index (χ4v) is 7.67. The maximum atomic E-state index is 6.08. The van der Waals surface area contributed by atoms with E-state index in [0.717, 1.165) is 0 Å². The number of nitrogens with zero attached hydrogens (tertiary/aromatic N) is 4. The van der Waals surface area contributed by atoms with E-state index in [1.807, 2.05) is 18.2 Å². The molecule has 0 unspecified atom stereocenters. The molecule has 0 spiro atoms. The zero-order chi connectivity index (χ0) is 22.0. The molecular formula is C25H21N6P. The molecule has 0 saturated carbocycles. The molecule has 0 aliphatic carbocycles. The minimum Gasteiger partial charge on any atom is -0.382 e. The highest BCUT2D eigenvalue weighted by atomic mass is 31.2. The molecule has 5 rings (SSSR count). The first kappa shape index (κ1) is 19.9. The van der Waals surface area contributed by atoms with E-state index in [0.29, 0.717) is 16.9 Å². The van der Waals surface area contributed by atoms with Crippen LogP contribution in [0.15, 0.2) is 97.2 Å². The van der Waals surface area contributed by atoms with Crippen molar-refractivity contribution in [2.45, 2.75) is 0 Å². The quantitative estimate of drug-likeness (QED) is 0.420. The van der Waals surface area contributed by atoms with Gasteiger partial charge in [-0.05, 0) is 28.6 Å². The molecule has 0 aliphatic rings. The SMILES string of the molecule is Nc1nc(N)c2nc(C=P(c3ccccc3)(c3ccccc3)c3ccccc3)cnc2n1. The van der Waals surface area contributed by atoms with Crippen molar-refractivity contribution in [1.29, 1.82) is 0 Å². The van der Waals surface area contributed by atoms with E-state index in [1.54, 1.807) is 6.20 Å². The van der Waals surface area contributed by atoms with Gasteiger partial charge in [-0.15, -0.1) is 0 Å². The van der Waals surface area contributed by atoms with Crippen molar-refractivity contribution in [3.63, 3.8) is 0 Å². The summed E-state index contributed by atoms with van der Waals surface area (Å²) in [6.07, 6.45) is 1.72. The van der Waals surface area contributed by atoms with Gasteiger partial charge in [0.25, 0.3) is 0 Å². The largest absolute Gasteiger partial charge is 0.382 e. The zero-order valence-corrected chi connectivity index (χ0v) is 18.1. The molecule has 5 aromatic rings. The highest BCUT2D eigenvalue weighted by molar-refractivity contribution is 7.94. The third kappa shape index (κ3) is 3.51. The molecule has 0 bridgehead atoms. The molecule has 6 nitrogen and oxygen atoms in total. The highest BCUT2D eigenvalue weighted by Gasteiger charge is 2.25. The maximum Gasteiger partial charge on any atom is 0.224 e. The standard InChI is InChI=1S/C25H21N6P/c26-23-22-24(31-25(27)30-23)28-16-18(29-22)17-32(19-10-4-1-5-11-19,20-12-6-2-7-13-20)21-14-8-3-9-15-21/h1-17H,(H4,26,27,28,30,31). The number of aromatic nitrogens is 4. The van der Waals surface area contributed by atoms with Gasteiger partial charge in [0.05, 0.1) is 11.9 Å². The smallest absolute Gasteiger partial charge is 0.224 e. The zero-order valence-electron chi connectivity index (χ0n) is 17.2. The van der Waals surface area contributed by atoms with Gasteiger partial charge in [-0.3, -0.25) is 0 Å². The third-order valence-corrected chi connectivity index (χ3v) is 9.28. The monoisotopic (exact) mass is 436 g/mol. The molecule has 0 atom stereocenters. The summed E-state index contributed by atoms with van der Waals surface area (Å²) in [4.78, 5) is 17.5. The van der Waals surface area contributed by atoms with Crippen LogP contribution < -0.4 is 27.4 Å². The van der Waals surface area contributed by atoms with Crippen LogP contribution in [0.2, 0.25) is 0 Å². The summed E-state index contributed by atoms with van der Waals surface area (Å²) < 4.78 is 0. The van der Waals surface area contributed by atoms with Gasteiger partial charge in [-0.25, -0.2) is 9.97 Å². The summed E-state index contributed by atoms with van der Waals surface area (Å²) in [5.74, 6) is 2.54. The van der Waals surface area contributed by atoms with Crippen LogP contribution in [0.1, 0.15) is 5.69 Å². The number of nitrogens with two attached hydrogens (primary N) is 2. The minimum absolute atomic E-state index is 0.0840. The van der Waals surface area contributed by atoms with E-state index in [1.165, 1.54) is 15.9 Å². The van der Waals surface area contributed by atoms with Crippen LogP contribution in [0.3, 0.4) is 0 Å². The van der Waals surface area contributed by atoms with Crippen LogP contribution in [0, 0.1) is 0 Å². The van der Waals surface area contributed by atoms with Crippen molar-refractivity contribution in [3.05, 3.63) is 103 Å². The Hall–Kier alpha value is -4.02. The Morgan fingerprint density at radius 2 is 1.12 bits per heavy atom. The van der Waals surface area contributed by atoms with Gasteiger partial charge in [-0.1, -0.05) is 91.0 Å². The van der Waals surface area contributed by atoms with Gasteiger partial charge < -0.3 is 11.5 Å². The van der Waals surface area contributed by atoms with Crippen LogP contribution in [0.5, 0.6) is 0 Å². The van der Waals surface area contributed by atoms with Gasteiger partial charge >= 0.3 is 0 Å². The second-order valence-electron chi connectivity index (χ2n) is 7.29. The summed E-state index contributed by atoms with van der Waals surface area (Å²) in [6.45, 7) is -2.21. The Labute approximate surface area is 186 Å². The van der Waals surface area contributed by atoms with Crippen LogP contribution in [-0.2, 0) is 0 Å². The number of hydrogen-bond acceptors (Lipinski definition) is 6. The third-order valence-electron chi connectivity index (χ3n) is 5.29.